The third-order valence-electron chi connectivity index (χ3n) is 5.53. The third-order valence-corrected chi connectivity index (χ3v) is 5.53. The number of nitrogens with zero attached hydrogens (tertiary/aromatic N) is 4. The topological polar surface area (TPSA) is 74.8 Å². The maximum Gasteiger partial charge on any atom is 0.254 e. The quantitative estimate of drug-likeness (QED) is 0.570. The summed E-state index contributed by atoms with van der Waals surface area (Å²) in [6, 6.07) is 15.3. The molecule has 1 N–H and O–H groups in total. The van der Waals surface area contributed by atoms with Crippen LogP contribution in [0.25, 0.3) is 11.3 Å². The molecule has 148 valence electrons. The Kier molecular flexibility index (Phi) is 4.59. The lowest BCUT2D eigenvalue weighted by atomic mass is 9.95. The van der Waals surface area contributed by atoms with E-state index in [-0.39, 0.29) is 11.9 Å². The molecule has 0 aliphatic carbocycles. The van der Waals surface area contributed by atoms with Gasteiger partial charge < -0.3 is 9.88 Å². The molecule has 1 atom stereocenters. The van der Waals surface area contributed by atoms with Crippen molar-refractivity contribution in [2.75, 3.05) is 6.54 Å². The molecule has 0 fully saturated rings. The normalized spacial score (nSPS) is 15.6. The Morgan fingerprint density at radius 2 is 1.93 bits per heavy atom. The van der Waals surface area contributed by atoms with Gasteiger partial charge in [-0.25, -0.2) is 4.98 Å². The highest BCUT2D eigenvalue weighted by Gasteiger charge is 2.34. The molecule has 4 aromatic rings. The van der Waals surface area contributed by atoms with E-state index < -0.39 is 0 Å². The number of H-pyrrole nitrogens is 1. The summed E-state index contributed by atoms with van der Waals surface area (Å²) in [4.78, 5) is 31.9. The molecular formula is C24H21N5O. The first-order valence-electron chi connectivity index (χ1n) is 9.97. The van der Waals surface area contributed by atoms with Gasteiger partial charge in [0, 0.05) is 48.4 Å². The van der Waals surface area contributed by atoms with Crippen molar-refractivity contribution < 1.29 is 4.79 Å². The van der Waals surface area contributed by atoms with Crippen LogP contribution in [-0.2, 0) is 6.42 Å². The molecule has 0 saturated carbocycles. The largest absolute Gasteiger partial charge is 0.348 e. The number of carbonyl (C=O) groups excluding carboxylic acids is 1. The summed E-state index contributed by atoms with van der Waals surface area (Å²) in [5.41, 5.74) is 6.57. The summed E-state index contributed by atoms with van der Waals surface area (Å²) in [5.74, 6) is -0.0139. The van der Waals surface area contributed by atoms with E-state index in [4.69, 9.17) is 0 Å². The Balaban J connectivity index is 1.53. The number of carbonyl (C=O) groups is 1. The fourth-order valence-corrected chi connectivity index (χ4v) is 4.05. The van der Waals surface area contributed by atoms with Crippen molar-refractivity contribution in [3.8, 4) is 11.3 Å². The lowest BCUT2D eigenvalue weighted by Gasteiger charge is -2.35. The summed E-state index contributed by atoms with van der Waals surface area (Å²) in [5, 5.41) is 0. The van der Waals surface area contributed by atoms with Gasteiger partial charge in [-0.2, -0.15) is 0 Å². The first-order valence-corrected chi connectivity index (χ1v) is 9.97. The van der Waals surface area contributed by atoms with E-state index in [1.165, 1.54) is 0 Å². The minimum atomic E-state index is -0.240. The molecule has 30 heavy (non-hydrogen) atoms. The molecule has 3 aromatic heterocycles. The number of benzene rings is 1. The average Bonchev–Trinajstić information content (AvgIpc) is 3.27. The summed E-state index contributed by atoms with van der Waals surface area (Å²) >= 11 is 0. The van der Waals surface area contributed by atoms with E-state index in [1.807, 2.05) is 60.4 Å². The molecule has 0 radical (unpaired) electrons. The number of hydrogen-bond acceptors (Lipinski definition) is 4. The zero-order valence-electron chi connectivity index (χ0n) is 16.6. The van der Waals surface area contributed by atoms with Crippen LogP contribution in [0.2, 0.25) is 0 Å². The number of nitrogens with one attached hydrogen (secondary N) is 1. The Bertz CT molecular complexity index is 1200. The standard InChI is InChI=1S/C24H21N5O/c1-16-5-11-26-21(13-16)18-3-2-4-19(14-18)24(30)29-12-8-20-22(28-15-27-20)23(29)17-6-9-25-10-7-17/h2-7,9-11,13-15,23H,8,12H2,1H3,(H,27,28). The first-order chi connectivity index (χ1) is 14.7. The second-order valence-corrected chi connectivity index (χ2v) is 7.50. The van der Waals surface area contributed by atoms with Crippen LogP contribution in [0.4, 0.5) is 0 Å². The van der Waals surface area contributed by atoms with Crippen molar-refractivity contribution in [2.45, 2.75) is 19.4 Å². The van der Waals surface area contributed by atoms with Crippen LogP contribution in [0.1, 0.15) is 38.9 Å². The Hall–Kier alpha value is -3.80. The van der Waals surface area contributed by atoms with Gasteiger partial charge in [-0.3, -0.25) is 14.8 Å². The van der Waals surface area contributed by atoms with Gasteiger partial charge in [0.05, 0.1) is 17.7 Å². The fraction of sp³-hybridized carbons (Fsp3) is 0.167. The number of fused-ring (bicyclic) bond motifs is 1. The van der Waals surface area contributed by atoms with Crippen LogP contribution < -0.4 is 0 Å². The van der Waals surface area contributed by atoms with E-state index in [2.05, 4.69) is 19.9 Å². The zero-order chi connectivity index (χ0) is 20.5. The van der Waals surface area contributed by atoms with Crippen LogP contribution >= 0.6 is 0 Å². The van der Waals surface area contributed by atoms with Crippen LogP contribution in [0, 0.1) is 6.92 Å². The molecule has 1 aromatic carbocycles. The van der Waals surface area contributed by atoms with E-state index >= 15 is 0 Å². The van der Waals surface area contributed by atoms with Crippen molar-refractivity contribution in [3.63, 3.8) is 0 Å². The minimum Gasteiger partial charge on any atom is -0.348 e. The lowest BCUT2D eigenvalue weighted by molar-refractivity contribution is 0.0690. The van der Waals surface area contributed by atoms with Crippen LogP contribution in [0.15, 0.2) is 73.4 Å². The van der Waals surface area contributed by atoms with Gasteiger partial charge in [0.2, 0.25) is 0 Å². The highest BCUT2D eigenvalue weighted by atomic mass is 16.2. The molecule has 4 heterocycles. The predicted molar refractivity (Wildman–Crippen MR) is 114 cm³/mol. The monoisotopic (exact) mass is 395 g/mol. The molecule has 6 heteroatoms. The number of rotatable bonds is 3. The first kappa shape index (κ1) is 18.2. The minimum absolute atomic E-state index is 0.0139. The van der Waals surface area contributed by atoms with Gasteiger partial charge in [-0.05, 0) is 54.4 Å². The molecule has 6 nitrogen and oxygen atoms in total. The number of pyridine rings is 2. The van der Waals surface area contributed by atoms with Gasteiger partial charge in [-0.15, -0.1) is 0 Å². The number of aryl methyl sites for hydroxylation is 1. The molecule has 0 saturated heterocycles. The zero-order valence-corrected chi connectivity index (χ0v) is 16.6. The molecule has 5 rings (SSSR count). The maximum absolute atomic E-state index is 13.6. The lowest BCUT2D eigenvalue weighted by Crippen LogP contribution is -2.40. The highest BCUT2D eigenvalue weighted by Crippen LogP contribution is 2.34. The number of imidazole rings is 1. The maximum atomic E-state index is 13.6. The molecule has 0 bridgehead atoms. The molecular weight excluding hydrogens is 374 g/mol. The summed E-state index contributed by atoms with van der Waals surface area (Å²) in [7, 11) is 0. The van der Waals surface area contributed by atoms with Gasteiger partial charge >= 0.3 is 0 Å². The third kappa shape index (κ3) is 3.26. The molecule has 1 amide bonds. The smallest absolute Gasteiger partial charge is 0.254 e. The summed E-state index contributed by atoms with van der Waals surface area (Å²) < 4.78 is 0. The number of amides is 1. The van der Waals surface area contributed by atoms with Gasteiger partial charge in [0.15, 0.2) is 0 Å². The molecule has 1 aliphatic rings. The second kappa shape index (κ2) is 7.55. The van der Waals surface area contributed by atoms with Crippen molar-refractivity contribution in [2.24, 2.45) is 0 Å². The second-order valence-electron chi connectivity index (χ2n) is 7.50. The number of aromatic amines is 1. The molecule has 0 spiro atoms. The SMILES string of the molecule is Cc1ccnc(-c2cccc(C(=O)N3CCc4[nH]cnc4C3c3ccncc3)c2)c1. The van der Waals surface area contributed by atoms with Crippen LogP contribution in [-0.4, -0.2) is 37.3 Å². The number of aromatic nitrogens is 4. The van der Waals surface area contributed by atoms with Gasteiger partial charge in [-0.1, -0.05) is 12.1 Å². The van der Waals surface area contributed by atoms with Crippen LogP contribution in [0.5, 0.6) is 0 Å². The van der Waals surface area contributed by atoms with Crippen molar-refractivity contribution in [3.05, 3.63) is 102 Å². The Morgan fingerprint density at radius 3 is 2.77 bits per heavy atom. The van der Waals surface area contributed by atoms with E-state index in [0.717, 1.165) is 40.2 Å². The number of hydrogen-bond donors (Lipinski definition) is 1. The molecule has 1 aliphatic heterocycles. The molecule has 1 unspecified atom stereocenters. The van der Waals surface area contributed by atoms with E-state index in [0.29, 0.717) is 12.1 Å². The Labute approximate surface area is 174 Å². The average molecular weight is 395 g/mol. The van der Waals surface area contributed by atoms with Gasteiger partial charge in [0.1, 0.15) is 6.04 Å². The fourth-order valence-electron chi connectivity index (χ4n) is 4.05. The van der Waals surface area contributed by atoms with Crippen LogP contribution in [0.3, 0.4) is 0 Å². The van der Waals surface area contributed by atoms with Crippen molar-refractivity contribution in [1.82, 2.24) is 24.8 Å². The van der Waals surface area contributed by atoms with Crippen molar-refractivity contribution >= 4 is 5.91 Å². The van der Waals surface area contributed by atoms with E-state index in [9.17, 15) is 4.79 Å². The predicted octanol–water partition coefficient (Wildman–Crippen LogP) is 3.96. The van der Waals surface area contributed by atoms with Gasteiger partial charge in [0.25, 0.3) is 5.91 Å². The van der Waals surface area contributed by atoms with Crippen molar-refractivity contribution in [1.29, 1.82) is 0 Å². The Morgan fingerprint density at radius 1 is 1.07 bits per heavy atom. The summed E-state index contributed by atoms with van der Waals surface area (Å²) in [6.07, 6.45) is 7.76. The van der Waals surface area contributed by atoms with E-state index in [1.54, 1.807) is 24.9 Å². The summed E-state index contributed by atoms with van der Waals surface area (Å²) in [6.45, 7) is 2.66. The highest BCUT2D eigenvalue weighted by molar-refractivity contribution is 5.96.